The van der Waals surface area contributed by atoms with Gasteiger partial charge >= 0.3 is 0 Å². The molecule has 2 aromatic carbocycles. The Bertz CT molecular complexity index is 738. The van der Waals surface area contributed by atoms with E-state index in [1.54, 1.807) is 0 Å². The van der Waals surface area contributed by atoms with Gasteiger partial charge in [-0.3, -0.25) is 0 Å². The summed E-state index contributed by atoms with van der Waals surface area (Å²) in [5, 5.41) is 7.61. The summed E-state index contributed by atoms with van der Waals surface area (Å²) in [5.41, 5.74) is 3.50. The number of nitrogens with one attached hydrogen (secondary N) is 2. The van der Waals surface area contributed by atoms with Crippen LogP contribution in [0, 0.1) is 6.92 Å². The SMILES string of the molecule is CCOc1ccccc1NC(=S)NC1(c2ccccc2C)CCCC1. The first-order valence-corrected chi connectivity index (χ1v) is 9.42. The van der Waals surface area contributed by atoms with Crippen molar-refractivity contribution >= 4 is 23.0 Å². The molecule has 3 nitrogen and oxygen atoms in total. The van der Waals surface area contributed by atoms with Crippen molar-refractivity contribution in [2.75, 3.05) is 11.9 Å². The number of ether oxygens (including phenoxy) is 1. The molecule has 2 N–H and O–H groups in total. The van der Waals surface area contributed by atoms with Crippen LogP contribution >= 0.6 is 12.2 Å². The van der Waals surface area contributed by atoms with Gasteiger partial charge in [-0.1, -0.05) is 49.2 Å². The molecule has 0 spiro atoms. The van der Waals surface area contributed by atoms with Crippen molar-refractivity contribution in [2.45, 2.75) is 45.1 Å². The zero-order chi connectivity index (χ0) is 17.7. The molecular weight excluding hydrogens is 328 g/mol. The molecule has 4 heteroatoms. The summed E-state index contributed by atoms with van der Waals surface area (Å²) in [5.74, 6) is 0.825. The highest BCUT2D eigenvalue weighted by Gasteiger charge is 2.37. The van der Waals surface area contributed by atoms with E-state index in [2.05, 4.69) is 41.8 Å². The van der Waals surface area contributed by atoms with Crippen LogP contribution < -0.4 is 15.4 Å². The molecule has 0 aromatic heterocycles. The van der Waals surface area contributed by atoms with Crippen molar-refractivity contribution in [3.63, 3.8) is 0 Å². The minimum Gasteiger partial charge on any atom is -0.492 e. The molecule has 1 aliphatic rings. The summed E-state index contributed by atoms with van der Waals surface area (Å²) in [4.78, 5) is 0. The maximum Gasteiger partial charge on any atom is 0.171 e. The molecule has 3 rings (SSSR count). The van der Waals surface area contributed by atoms with Crippen molar-refractivity contribution in [2.24, 2.45) is 0 Å². The third-order valence-corrected chi connectivity index (χ3v) is 5.11. The molecule has 0 amide bonds. The van der Waals surface area contributed by atoms with Gasteiger partial charge in [-0.25, -0.2) is 0 Å². The molecule has 0 saturated heterocycles. The summed E-state index contributed by atoms with van der Waals surface area (Å²) in [6.07, 6.45) is 4.65. The van der Waals surface area contributed by atoms with Gasteiger partial charge in [0, 0.05) is 0 Å². The predicted octanol–water partition coefficient (Wildman–Crippen LogP) is 5.15. The highest BCUT2D eigenvalue weighted by atomic mass is 32.1. The largest absolute Gasteiger partial charge is 0.492 e. The van der Waals surface area contributed by atoms with Crippen molar-refractivity contribution in [1.82, 2.24) is 5.32 Å². The first-order chi connectivity index (χ1) is 12.1. The number of hydrogen-bond donors (Lipinski definition) is 2. The molecule has 1 fully saturated rings. The van der Waals surface area contributed by atoms with E-state index in [9.17, 15) is 0 Å². The second-order valence-corrected chi connectivity index (χ2v) is 7.02. The fourth-order valence-electron chi connectivity index (χ4n) is 3.77. The van der Waals surface area contributed by atoms with Gasteiger partial charge in [0.2, 0.25) is 0 Å². The van der Waals surface area contributed by atoms with Crippen LogP contribution in [0.1, 0.15) is 43.7 Å². The summed E-state index contributed by atoms with van der Waals surface area (Å²) >= 11 is 5.65. The van der Waals surface area contributed by atoms with E-state index in [1.165, 1.54) is 24.0 Å². The monoisotopic (exact) mass is 354 g/mol. The summed E-state index contributed by atoms with van der Waals surface area (Å²) in [6, 6.07) is 16.5. The quantitative estimate of drug-likeness (QED) is 0.728. The molecule has 0 heterocycles. The van der Waals surface area contributed by atoms with E-state index in [0.29, 0.717) is 11.7 Å². The molecule has 25 heavy (non-hydrogen) atoms. The van der Waals surface area contributed by atoms with Gasteiger partial charge in [0.1, 0.15) is 5.75 Å². The lowest BCUT2D eigenvalue weighted by Gasteiger charge is -2.34. The molecular formula is C21H26N2OS. The number of para-hydroxylation sites is 2. The van der Waals surface area contributed by atoms with Gasteiger partial charge in [-0.2, -0.15) is 0 Å². The van der Waals surface area contributed by atoms with Crippen molar-refractivity contribution < 1.29 is 4.74 Å². The third-order valence-electron chi connectivity index (χ3n) is 4.91. The lowest BCUT2D eigenvalue weighted by atomic mass is 9.85. The highest BCUT2D eigenvalue weighted by molar-refractivity contribution is 7.80. The van der Waals surface area contributed by atoms with Gasteiger partial charge in [0.15, 0.2) is 5.11 Å². The maximum atomic E-state index is 5.69. The van der Waals surface area contributed by atoms with Crippen LogP contribution in [-0.2, 0) is 5.54 Å². The fourth-order valence-corrected chi connectivity index (χ4v) is 4.08. The number of hydrogen-bond acceptors (Lipinski definition) is 2. The topological polar surface area (TPSA) is 33.3 Å². The zero-order valence-electron chi connectivity index (χ0n) is 15.0. The van der Waals surface area contributed by atoms with Crippen LogP contribution in [0.2, 0.25) is 0 Å². The average Bonchev–Trinajstić information content (AvgIpc) is 3.06. The van der Waals surface area contributed by atoms with Crippen LogP contribution in [0.4, 0.5) is 5.69 Å². The van der Waals surface area contributed by atoms with Gasteiger partial charge in [0.05, 0.1) is 17.8 Å². The molecule has 1 saturated carbocycles. The van der Waals surface area contributed by atoms with Gasteiger partial charge < -0.3 is 15.4 Å². The minimum atomic E-state index is -0.0734. The number of anilines is 1. The predicted molar refractivity (Wildman–Crippen MR) is 108 cm³/mol. The molecule has 0 aliphatic heterocycles. The number of benzene rings is 2. The standard InChI is InChI=1S/C21H26N2OS/c1-3-24-19-13-7-6-12-18(19)22-20(25)23-21(14-8-9-15-21)17-11-5-4-10-16(17)2/h4-7,10-13H,3,8-9,14-15H2,1-2H3,(H2,22,23,25). The Balaban J connectivity index is 1.80. The number of thiocarbonyl (C=S) groups is 1. The molecule has 0 unspecified atom stereocenters. The Morgan fingerprint density at radius 2 is 1.76 bits per heavy atom. The Morgan fingerprint density at radius 1 is 1.08 bits per heavy atom. The minimum absolute atomic E-state index is 0.0734. The summed E-state index contributed by atoms with van der Waals surface area (Å²) < 4.78 is 5.69. The van der Waals surface area contributed by atoms with E-state index in [4.69, 9.17) is 17.0 Å². The summed E-state index contributed by atoms with van der Waals surface area (Å²) in [7, 11) is 0. The van der Waals surface area contributed by atoms with E-state index in [0.717, 1.165) is 24.3 Å². The first kappa shape index (κ1) is 17.7. The van der Waals surface area contributed by atoms with Crippen molar-refractivity contribution in [3.05, 3.63) is 59.7 Å². The van der Waals surface area contributed by atoms with E-state index >= 15 is 0 Å². The first-order valence-electron chi connectivity index (χ1n) is 9.02. The zero-order valence-corrected chi connectivity index (χ0v) is 15.8. The average molecular weight is 355 g/mol. The van der Waals surface area contributed by atoms with Crippen molar-refractivity contribution in [1.29, 1.82) is 0 Å². The van der Waals surface area contributed by atoms with E-state index < -0.39 is 0 Å². The second kappa shape index (κ2) is 7.87. The van der Waals surface area contributed by atoms with Gasteiger partial charge in [0.25, 0.3) is 0 Å². The second-order valence-electron chi connectivity index (χ2n) is 6.61. The molecule has 2 aromatic rings. The van der Waals surface area contributed by atoms with Crippen LogP contribution in [0.25, 0.3) is 0 Å². The van der Waals surface area contributed by atoms with Gasteiger partial charge in [-0.05, 0) is 62.2 Å². The lowest BCUT2D eigenvalue weighted by molar-refractivity contribution is 0.342. The van der Waals surface area contributed by atoms with Crippen LogP contribution in [0.15, 0.2) is 48.5 Å². The lowest BCUT2D eigenvalue weighted by Crippen LogP contribution is -2.46. The van der Waals surface area contributed by atoms with Crippen LogP contribution in [0.3, 0.4) is 0 Å². The van der Waals surface area contributed by atoms with E-state index in [-0.39, 0.29) is 5.54 Å². The molecule has 0 bridgehead atoms. The summed E-state index contributed by atoms with van der Waals surface area (Å²) in [6.45, 7) is 4.79. The molecule has 0 radical (unpaired) electrons. The fraction of sp³-hybridized carbons (Fsp3) is 0.381. The van der Waals surface area contributed by atoms with Crippen LogP contribution in [-0.4, -0.2) is 11.7 Å². The van der Waals surface area contributed by atoms with Crippen molar-refractivity contribution in [3.8, 4) is 5.75 Å². The Kier molecular flexibility index (Phi) is 5.59. The Morgan fingerprint density at radius 3 is 2.48 bits per heavy atom. The number of rotatable bonds is 5. The molecule has 132 valence electrons. The van der Waals surface area contributed by atoms with Crippen LogP contribution in [0.5, 0.6) is 5.75 Å². The number of aryl methyl sites for hydroxylation is 1. The Hall–Kier alpha value is -2.07. The normalized spacial score (nSPS) is 15.6. The smallest absolute Gasteiger partial charge is 0.171 e. The third kappa shape index (κ3) is 3.96. The molecule has 0 atom stereocenters. The Labute approximate surface area is 155 Å². The highest BCUT2D eigenvalue weighted by Crippen LogP contribution is 2.40. The van der Waals surface area contributed by atoms with Gasteiger partial charge in [-0.15, -0.1) is 0 Å². The molecule has 1 aliphatic carbocycles. The van der Waals surface area contributed by atoms with E-state index in [1.807, 2.05) is 31.2 Å². The maximum absolute atomic E-state index is 5.69.